The van der Waals surface area contributed by atoms with Crippen LogP contribution >= 0.6 is 12.4 Å². The maximum atomic E-state index is 12.7. The van der Waals surface area contributed by atoms with E-state index < -0.39 is 23.6 Å². The molecule has 0 aliphatic carbocycles. The highest BCUT2D eigenvalue weighted by Gasteiger charge is 2.31. The standard InChI is InChI=1S/C13H16F3N3O2.ClH/c1-8(20)18-10-5-4-9(13(14,15)16)7-11(10)19-12(21)3-2-6-17;/h4-5,7H,2-3,6,17H2,1H3,(H,18,20)(H,19,21);1H. The average molecular weight is 340 g/mol. The number of hydrogen-bond donors (Lipinski definition) is 3. The van der Waals surface area contributed by atoms with E-state index in [-0.39, 0.29) is 30.2 Å². The maximum Gasteiger partial charge on any atom is 0.416 e. The van der Waals surface area contributed by atoms with Gasteiger partial charge in [-0.2, -0.15) is 13.2 Å². The molecule has 0 radical (unpaired) electrons. The summed E-state index contributed by atoms with van der Waals surface area (Å²) in [5.74, 6) is -0.918. The molecule has 4 N–H and O–H groups in total. The fourth-order valence-corrected chi connectivity index (χ4v) is 1.60. The van der Waals surface area contributed by atoms with E-state index >= 15 is 0 Å². The minimum Gasteiger partial charge on any atom is -0.330 e. The van der Waals surface area contributed by atoms with Crippen LogP contribution < -0.4 is 16.4 Å². The van der Waals surface area contributed by atoms with E-state index in [0.29, 0.717) is 13.0 Å². The Kier molecular flexibility index (Phi) is 7.89. The van der Waals surface area contributed by atoms with Gasteiger partial charge >= 0.3 is 6.18 Å². The predicted molar refractivity (Wildman–Crippen MR) is 79.9 cm³/mol. The van der Waals surface area contributed by atoms with Crippen molar-refractivity contribution in [3.63, 3.8) is 0 Å². The zero-order chi connectivity index (χ0) is 16.0. The van der Waals surface area contributed by atoms with Crippen LogP contribution in [0.5, 0.6) is 0 Å². The summed E-state index contributed by atoms with van der Waals surface area (Å²) in [5.41, 5.74) is 4.36. The molecule has 1 aromatic carbocycles. The Morgan fingerprint density at radius 3 is 2.32 bits per heavy atom. The molecule has 2 amide bonds. The normalized spacial score (nSPS) is 10.6. The first-order valence-corrected chi connectivity index (χ1v) is 6.23. The highest BCUT2D eigenvalue weighted by molar-refractivity contribution is 5.99. The maximum absolute atomic E-state index is 12.7. The number of amides is 2. The third-order valence-corrected chi connectivity index (χ3v) is 2.54. The van der Waals surface area contributed by atoms with E-state index in [4.69, 9.17) is 5.73 Å². The van der Waals surface area contributed by atoms with Gasteiger partial charge in [-0.1, -0.05) is 0 Å². The molecule has 0 spiro atoms. The quantitative estimate of drug-likeness (QED) is 0.771. The summed E-state index contributed by atoms with van der Waals surface area (Å²) in [7, 11) is 0. The molecule has 0 aromatic heterocycles. The molecule has 0 unspecified atom stereocenters. The number of halogens is 4. The SMILES string of the molecule is CC(=O)Nc1ccc(C(F)(F)F)cc1NC(=O)CCCN.Cl. The van der Waals surface area contributed by atoms with Crippen molar-refractivity contribution in [3.8, 4) is 0 Å². The van der Waals surface area contributed by atoms with Crippen molar-refractivity contribution in [3.05, 3.63) is 23.8 Å². The largest absolute Gasteiger partial charge is 0.416 e. The number of rotatable bonds is 5. The van der Waals surface area contributed by atoms with Crippen molar-refractivity contribution in [1.29, 1.82) is 0 Å². The van der Waals surface area contributed by atoms with Gasteiger partial charge in [-0.05, 0) is 31.2 Å². The van der Waals surface area contributed by atoms with E-state index in [1.807, 2.05) is 0 Å². The highest BCUT2D eigenvalue weighted by atomic mass is 35.5. The van der Waals surface area contributed by atoms with Gasteiger partial charge < -0.3 is 16.4 Å². The summed E-state index contributed by atoms with van der Waals surface area (Å²) >= 11 is 0. The van der Waals surface area contributed by atoms with Crippen LogP contribution in [0.2, 0.25) is 0 Å². The number of alkyl halides is 3. The van der Waals surface area contributed by atoms with Gasteiger partial charge in [-0.15, -0.1) is 12.4 Å². The lowest BCUT2D eigenvalue weighted by Gasteiger charge is -2.14. The van der Waals surface area contributed by atoms with Crippen molar-refractivity contribution >= 4 is 35.6 Å². The Balaban J connectivity index is 0.00000441. The molecular formula is C13H17ClF3N3O2. The Labute approximate surface area is 131 Å². The average Bonchev–Trinajstić information content (AvgIpc) is 2.36. The Bertz CT molecular complexity index is 536. The molecule has 124 valence electrons. The van der Waals surface area contributed by atoms with Gasteiger partial charge in [0.1, 0.15) is 0 Å². The van der Waals surface area contributed by atoms with E-state index in [9.17, 15) is 22.8 Å². The van der Waals surface area contributed by atoms with Crippen molar-refractivity contribution < 1.29 is 22.8 Å². The van der Waals surface area contributed by atoms with Gasteiger partial charge in [0, 0.05) is 13.3 Å². The van der Waals surface area contributed by atoms with Gasteiger partial charge in [-0.3, -0.25) is 9.59 Å². The lowest BCUT2D eigenvalue weighted by Crippen LogP contribution is -2.17. The zero-order valence-electron chi connectivity index (χ0n) is 11.8. The molecule has 0 atom stereocenters. The summed E-state index contributed by atoms with van der Waals surface area (Å²) in [6.07, 6.45) is -4.03. The molecule has 0 heterocycles. The minimum absolute atomic E-state index is 0. The summed E-state index contributed by atoms with van der Waals surface area (Å²) in [6, 6.07) is 2.72. The molecule has 9 heteroatoms. The molecule has 5 nitrogen and oxygen atoms in total. The number of anilines is 2. The monoisotopic (exact) mass is 339 g/mol. The van der Waals surface area contributed by atoms with Crippen LogP contribution in [-0.2, 0) is 15.8 Å². The molecule has 0 fully saturated rings. The predicted octanol–water partition coefficient (Wildman–Crippen LogP) is 2.76. The fourth-order valence-electron chi connectivity index (χ4n) is 1.60. The fraction of sp³-hybridized carbons (Fsp3) is 0.385. The third-order valence-electron chi connectivity index (χ3n) is 2.54. The number of hydrogen-bond acceptors (Lipinski definition) is 3. The summed E-state index contributed by atoms with van der Waals surface area (Å²) in [6.45, 7) is 1.52. The Hall–Kier alpha value is -1.80. The van der Waals surface area contributed by atoms with Gasteiger partial charge in [0.05, 0.1) is 16.9 Å². The number of carbonyl (C=O) groups excluding carboxylic acids is 2. The Morgan fingerprint density at radius 2 is 1.82 bits per heavy atom. The number of carbonyl (C=O) groups is 2. The lowest BCUT2D eigenvalue weighted by atomic mass is 10.1. The first-order chi connectivity index (χ1) is 9.74. The van der Waals surface area contributed by atoms with E-state index in [1.165, 1.54) is 6.92 Å². The summed E-state index contributed by atoms with van der Waals surface area (Å²) < 4.78 is 38.1. The minimum atomic E-state index is -4.54. The van der Waals surface area contributed by atoms with Gasteiger partial charge in [0.2, 0.25) is 11.8 Å². The molecule has 22 heavy (non-hydrogen) atoms. The van der Waals surface area contributed by atoms with Crippen LogP contribution in [0.3, 0.4) is 0 Å². The molecule has 0 bridgehead atoms. The van der Waals surface area contributed by atoms with Crippen molar-refractivity contribution in [1.82, 2.24) is 0 Å². The summed E-state index contributed by atoms with van der Waals surface area (Å²) in [5, 5.41) is 4.72. The number of nitrogens with two attached hydrogens (primary N) is 1. The van der Waals surface area contributed by atoms with Gasteiger partial charge in [0.25, 0.3) is 0 Å². The van der Waals surface area contributed by atoms with Crippen LogP contribution in [0, 0.1) is 0 Å². The molecule has 0 saturated heterocycles. The first kappa shape index (κ1) is 20.2. The molecule has 0 aliphatic rings. The molecule has 1 aromatic rings. The molecule has 0 saturated carbocycles. The second-order valence-electron chi connectivity index (χ2n) is 4.38. The molecular weight excluding hydrogens is 323 g/mol. The Morgan fingerprint density at radius 1 is 1.18 bits per heavy atom. The second kappa shape index (κ2) is 8.60. The zero-order valence-corrected chi connectivity index (χ0v) is 12.6. The summed E-state index contributed by atoms with van der Waals surface area (Å²) in [4.78, 5) is 22.7. The van der Waals surface area contributed by atoms with Crippen molar-refractivity contribution in [2.75, 3.05) is 17.2 Å². The molecule has 0 aliphatic heterocycles. The second-order valence-corrected chi connectivity index (χ2v) is 4.38. The highest BCUT2D eigenvalue weighted by Crippen LogP contribution is 2.34. The molecule has 1 rings (SSSR count). The van der Waals surface area contributed by atoms with Crippen LogP contribution in [-0.4, -0.2) is 18.4 Å². The first-order valence-electron chi connectivity index (χ1n) is 6.23. The number of nitrogens with one attached hydrogen (secondary N) is 2. The van der Waals surface area contributed by atoms with E-state index in [2.05, 4.69) is 10.6 Å². The lowest BCUT2D eigenvalue weighted by molar-refractivity contribution is -0.137. The van der Waals surface area contributed by atoms with Crippen LogP contribution in [0.25, 0.3) is 0 Å². The van der Waals surface area contributed by atoms with Crippen LogP contribution in [0.4, 0.5) is 24.5 Å². The van der Waals surface area contributed by atoms with E-state index in [1.54, 1.807) is 0 Å². The van der Waals surface area contributed by atoms with Gasteiger partial charge in [0.15, 0.2) is 0 Å². The van der Waals surface area contributed by atoms with Crippen LogP contribution in [0.15, 0.2) is 18.2 Å². The van der Waals surface area contributed by atoms with Crippen molar-refractivity contribution in [2.45, 2.75) is 25.9 Å². The third kappa shape index (κ3) is 6.31. The van der Waals surface area contributed by atoms with E-state index in [0.717, 1.165) is 18.2 Å². The smallest absolute Gasteiger partial charge is 0.330 e. The van der Waals surface area contributed by atoms with Crippen molar-refractivity contribution in [2.24, 2.45) is 5.73 Å². The van der Waals surface area contributed by atoms with Crippen LogP contribution in [0.1, 0.15) is 25.3 Å². The topological polar surface area (TPSA) is 84.2 Å². The van der Waals surface area contributed by atoms with Gasteiger partial charge in [-0.25, -0.2) is 0 Å². The number of benzene rings is 1.